The lowest BCUT2D eigenvalue weighted by molar-refractivity contribution is -0.118. The van der Waals surface area contributed by atoms with Gasteiger partial charge in [0, 0.05) is 12.8 Å². The van der Waals surface area contributed by atoms with E-state index in [2.05, 4.69) is 5.32 Å². The number of rotatable bonds is 6. The molecular weight excluding hydrogens is 311 g/mol. The number of hydrogen-bond donors (Lipinski definition) is 1. The van der Waals surface area contributed by atoms with E-state index in [0.717, 1.165) is 5.56 Å². The molecule has 0 saturated heterocycles. The molecule has 1 saturated carbocycles. The van der Waals surface area contributed by atoms with Gasteiger partial charge in [0.05, 0.1) is 18.6 Å². The van der Waals surface area contributed by atoms with Crippen LogP contribution in [0.4, 0.5) is 10.1 Å². The van der Waals surface area contributed by atoms with Crippen LogP contribution in [0.5, 0.6) is 0 Å². The van der Waals surface area contributed by atoms with Gasteiger partial charge in [-0.3, -0.25) is 9.59 Å². The Morgan fingerprint density at radius 2 is 2.08 bits per heavy atom. The van der Waals surface area contributed by atoms with Crippen molar-refractivity contribution < 1.29 is 13.9 Å². The molecular formula is C18H19FN2O3. The third-order valence-corrected chi connectivity index (χ3v) is 3.99. The van der Waals surface area contributed by atoms with E-state index in [4.69, 9.17) is 4.74 Å². The summed E-state index contributed by atoms with van der Waals surface area (Å²) in [5.41, 5.74) is 0.760. The van der Waals surface area contributed by atoms with E-state index in [1.165, 1.54) is 16.7 Å². The molecule has 0 aliphatic heterocycles. The number of nitrogens with zero attached hydrogens (tertiary/aromatic N) is 1. The molecule has 0 radical (unpaired) electrons. The van der Waals surface area contributed by atoms with Crippen LogP contribution in [0.2, 0.25) is 0 Å². The summed E-state index contributed by atoms with van der Waals surface area (Å²) in [6.45, 7) is 2.77. The van der Waals surface area contributed by atoms with Crippen molar-refractivity contribution in [2.75, 3.05) is 11.9 Å². The van der Waals surface area contributed by atoms with Gasteiger partial charge in [-0.2, -0.15) is 0 Å². The average Bonchev–Trinajstić information content (AvgIpc) is 3.33. The normalized spacial score (nSPS) is 19.1. The summed E-state index contributed by atoms with van der Waals surface area (Å²) >= 11 is 0. The second-order valence-electron chi connectivity index (χ2n) is 5.81. The highest BCUT2D eigenvalue weighted by molar-refractivity contribution is 5.94. The number of halogens is 1. The first-order chi connectivity index (χ1) is 11.6. The lowest BCUT2D eigenvalue weighted by Gasteiger charge is -2.09. The summed E-state index contributed by atoms with van der Waals surface area (Å²) in [6.07, 6.45) is 2.29. The lowest BCUT2D eigenvalue weighted by Crippen LogP contribution is -2.27. The molecule has 24 heavy (non-hydrogen) atoms. The maximum Gasteiger partial charge on any atom is 0.274 e. The molecule has 6 heteroatoms. The van der Waals surface area contributed by atoms with Gasteiger partial charge >= 0.3 is 0 Å². The molecule has 2 atom stereocenters. The molecule has 0 bridgehead atoms. The van der Waals surface area contributed by atoms with Crippen molar-refractivity contribution in [3.8, 4) is 0 Å². The third kappa shape index (κ3) is 3.71. The van der Waals surface area contributed by atoms with E-state index in [1.807, 2.05) is 6.92 Å². The molecule has 3 rings (SSSR count). The molecule has 2 aromatic rings. The minimum Gasteiger partial charge on any atom is -0.378 e. The van der Waals surface area contributed by atoms with Crippen molar-refractivity contribution >= 4 is 11.6 Å². The van der Waals surface area contributed by atoms with Crippen LogP contribution in [-0.2, 0) is 16.1 Å². The maximum atomic E-state index is 13.0. The zero-order valence-electron chi connectivity index (χ0n) is 13.4. The van der Waals surface area contributed by atoms with Crippen molar-refractivity contribution in [1.82, 2.24) is 4.57 Å². The van der Waals surface area contributed by atoms with Crippen LogP contribution in [0.25, 0.3) is 0 Å². The predicted octanol–water partition coefficient (Wildman–Crippen LogP) is 2.40. The number of ether oxygens (including phenoxy) is 1. The van der Waals surface area contributed by atoms with Gasteiger partial charge in [0.1, 0.15) is 11.5 Å². The molecule has 5 nitrogen and oxygen atoms in total. The first kappa shape index (κ1) is 16.4. The van der Waals surface area contributed by atoms with Gasteiger partial charge in [-0.1, -0.05) is 12.1 Å². The van der Waals surface area contributed by atoms with Crippen LogP contribution in [-0.4, -0.2) is 23.2 Å². The van der Waals surface area contributed by atoms with Gasteiger partial charge < -0.3 is 14.6 Å². The fourth-order valence-corrected chi connectivity index (χ4v) is 2.61. The highest BCUT2D eigenvalue weighted by atomic mass is 19.1. The lowest BCUT2D eigenvalue weighted by atomic mass is 10.2. The van der Waals surface area contributed by atoms with Crippen LogP contribution in [0.1, 0.15) is 18.9 Å². The largest absolute Gasteiger partial charge is 0.378 e. The van der Waals surface area contributed by atoms with Gasteiger partial charge in [0.25, 0.3) is 5.56 Å². The van der Waals surface area contributed by atoms with Crippen LogP contribution in [0.15, 0.2) is 47.4 Å². The van der Waals surface area contributed by atoms with E-state index in [0.29, 0.717) is 19.6 Å². The van der Waals surface area contributed by atoms with E-state index >= 15 is 0 Å². The number of carbonyl (C=O) groups is 1. The van der Waals surface area contributed by atoms with Crippen LogP contribution >= 0.6 is 0 Å². The Morgan fingerprint density at radius 3 is 2.79 bits per heavy atom. The van der Waals surface area contributed by atoms with Crippen molar-refractivity contribution in [3.05, 3.63) is 64.3 Å². The number of anilines is 1. The van der Waals surface area contributed by atoms with Crippen molar-refractivity contribution in [2.24, 2.45) is 5.92 Å². The standard InChI is InChI=1S/C18H19FN2O3/c1-2-24-16-10-14(16)17(22)20-15-4-3-9-21(18(15)23)11-12-5-7-13(19)8-6-12/h3-9,14,16H,2,10-11H2,1H3,(H,20,22). The number of hydrogen-bond acceptors (Lipinski definition) is 3. The molecule has 1 aliphatic carbocycles. The van der Waals surface area contributed by atoms with Crippen molar-refractivity contribution in [1.29, 1.82) is 0 Å². The summed E-state index contributed by atoms with van der Waals surface area (Å²) in [6, 6.07) is 9.25. The van der Waals surface area contributed by atoms with E-state index in [1.54, 1.807) is 30.5 Å². The Hall–Kier alpha value is -2.47. The van der Waals surface area contributed by atoms with Crippen molar-refractivity contribution in [3.63, 3.8) is 0 Å². The van der Waals surface area contributed by atoms with E-state index in [-0.39, 0.29) is 35.0 Å². The van der Waals surface area contributed by atoms with Gasteiger partial charge in [-0.15, -0.1) is 0 Å². The van der Waals surface area contributed by atoms with E-state index < -0.39 is 0 Å². The molecule has 2 unspecified atom stereocenters. The average molecular weight is 330 g/mol. The molecule has 1 amide bonds. The second-order valence-corrected chi connectivity index (χ2v) is 5.81. The SMILES string of the molecule is CCOC1CC1C(=O)Nc1cccn(Cc2ccc(F)cc2)c1=O. The zero-order chi connectivity index (χ0) is 17.1. The predicted molar refractivity (Wildman–Crippen MR) is 88.4 cm³/mol. The highest BCUT2D eigenvalue weighted by Gasteiger charge is 2.44. The number of pyridine rings is 1. The van der Waals surface area contributed by atoms with Gasteiger partial charge in [0.2, 0.25) is 5.91 Å². The monoisotopic (exact) mass is 330 g/mol. The third-order valence-electron chi connectivity index (χ3n) is 3.99. The molecule has 1 aromatic carbocycles. The Bertz CT molecular complexity index is 786. The number of carbonyl (C=O) groups excluding carboxylic acids is 1. The molecule has 1 N–H and O–H groups in total. The zero-order valence-corrected chi connectivity index (χ0v) is 13.4. The van der Waals surface area contributed by atoms with Gasteiger partial charge in [-0.05, 0) is 43.2 Å². The summed E-state index contributed by atoms with van der Waals surface area (Å²) in [4.78, 5) is 24.6. The summed E-state index contributed by atoms with van der Waals surface area (Å²) in [5, 5.41) is 2.68. The number of benzene rings is 1. The van der Waals surface area contributed by atoms with Crippen LogP contribution in [0.3, 0.4) is 0 Å². The Kier molecular flexibility index (Phi) is 4.76. The molecule has 1 heterocycles. The van der Waals surface area contributed by atoms with Crippen LogP contribution in [0, 0.1) is 11.7 Å². The first-order valence-electron chi connectivity index (χ1n) is 7.95. The molecule has 0 spiro atoms. The second kappa shape index (κ2) is 6.97. The fraction of sp³-hybridized carbons (Fsp3) is 0.333. The minimum atomic E-state index is -0.319. The van der Waals surface area contributed by atoms with Gasteiger partial charge in [0.15, 0.2) is 0 Å². The van der Waals surface area contributed by atoms with Gasteiger partial charge in [-0.25, -0.2) is 4.39 Å². The summed E-state index contributed by atoms with van der Waals surface area (Å²) < 4.78 is 19.8. The Labute approximate surface area is 139 Å². The number of amides is 1. The first-order valence-corrected chi connectivity index (χ1v) is 7.95. The summed E-state index contributed by atoms with van der Waals surface area (Å²) in [5.74, 6) is -0.694. The fourth-order valence-electron chi connectivity index (χ4n) is 2.61. The molecule has 1 fully saturated rings. The Balaban J connectivity index is 1.70. The summed E-state index contributed by atoms with van der Waals surface area (Å²) in [7, 11) is 0. The van der Waals surface area contributed by atoms with Crippen molar-refractivity contribution in [2.45, 2.75) is 26.0 Å². The number of aromatic nitrogens is 1. The highest BCUT2D eigenvalue weighted by Crippen LogP contribution is 2.34. The Morgan fingerprint density at radius 1 is 1.33 bits per heavy atom. The van der Waals surface area contributed by atoms with Crippen LogP contribution < -0.4 is 10.9 Å². The quantitative estimate of drug-likeness (QED) is 0.885. The molecule has 126 valence electrons. The minimum absolute atomic E-state index is 0.0415. The molecule has 1 aliphatic rings. The smallest absolute Gasteiger partial charge is 0.274 e. The maximum absolute atomic E-state index is 13.0. The topological polar surface area (TPSA) is 60.3 Å². The number of nitrogens with one attached hydrogen (secondary N) is 1. The van der Waals surface area contributed by atoms with E-state index in [9.17, 15) is 14.0 Å². The molecule has 1 aromatic heterocycles.